The van der Waals surface area contributed by atoms with E-state index in [1.54, 1.807) is 6.92 Å². The van der Waals surface area contributed by atoms with Gasteiger partial charge in [-0.25, -0.2) is 0 Å². The number of hydrogen-bond donors (Lipinski definition) is 1. The summed E-state index contributed by atoms with van der Waals surface area (Å²) >= 11 is 3.34. The summed E-state index contributed by atoms with van der Waals surface area (Å²) in [6, 6.07) is 7.62. The van der Waals surface area contributed by atoms with Crippen molar-refractivity contribution in [3.05, 3.63) is 34.3 Å². The first kappa shape index (κ1) is 10.3. The average Bonchev–Trinajstić information content (AvgIpc) is 2.15. The lowest BCUT2D eigenvalue weighted by atomic mass is 10.1. The summed E-state index contributed by atoms with van der Waals surface area (Å²) in [6.07, 6.45) is 0.0264. The van der Waals surface area contributed by atoms with Crippen LogP contribution in [0.4, 0.5) is 0 Å². The van der Waals surface area contributed by atoms with Gasteiger partial charge in [0.15, 0.2) is 0 Å². The van der Waals surface area contributed by atoms with Crippen LogP contribution in [0.5, 0.6) is 0 Å². The number of aliphatic hydroxyl groups is 1. The normalized spacial score (nSPS) is 11.6. The van der Waals surface area contributed by atoms with Gasteiger partial charge in [0.1, 0.15) is 0 Å². The standard InChI is InChI=1S/C11H11BrO/c1-2-3-4-11(13)9-5-7-10(12)8-6-9/h5-8,11,13H,4H2,1H3. The first-order valence-electron chi connectivity index (χ1n) is 4.07. The van der Waals surface area contributed by atoms with E-state index in [9.17, 15) is 5.11 Å². The van der Waals surface area contributed by atoms with E-state index in [1.165, 1.54) is 0 Å². The van der Waals surface area contributed by atoms with Crippen molar-refractivity contribution in [1.29, 1.82) is 0 Å². The molecule has 2 heteroatoms. The second-order valence-corrected chi connectivity index (χ2v) is 3.61. The van der Waals surface area contributed by atoms with Crippen LogP contribution >= 0.6 is 15.9 Å². The summed E-state index contributed by atoms with van der Waals surface area (Å²) in [5.41, 5.74) is 0.908. The maximum atomic E-state index is 9.62. The van der Waals surface area contributed by atoms with Crippen molar-refractivity contribution < 1.29 is 5.11 Å². The van der Waals surface area contributed by atoms with Crippen molar-refractivity contribution >= 4 is 15.9 Å². The summed E-state index contributed by atoms with van der Waals surface area (Å²) in [7, 11) is 0. The van der Waals surface area contributed by atoms with Crippen molar-refractivity contribution in [2.45, 2.75) is 19.4 Å². The first-order valence-corrected chi connectivity index (χ1v) is 4.86. The van der Waals surface area contributed by atoms with Gasteiger partial charge in [-0.1, -0.05) is 28.1 Å². The highest BCUT2D eigenvalue weighted by Gasteiger charge is 2.04. The molecule has 68 valence electrons. The Morgan fingerprint density at radius 1 is 1.38 bits per heavy atom. The Labute approximate surface area is 86.9 Å². The Kier molecular flexibility index (Phi) is 4.01. The summed E-state index contributed by atoms with van der Waals surface area (Å²) < 4.78 is 1.02. The van der Waals surface area contributed by atoms with Crippen LogP contribution in [0.15, 0.2) is 28.7 Å². The highest BCUT2D eigenvalue weighted by Crippen LogP contribution is 2.18. The van der Waals surface area contributed by atoms with E-state index in [1.807, 2.05) is 24.3 Å². The van der Waals surface area contributed by atoms with E-state index >= 15 is 0 Å². The summed E-state index contributed by atoms with van der Waals surface area (Å²) in [5, 5.41) is 9.62. The number of aliphatic hydroxyl groups excluding tert-OH is 1. The molecular formula is C11H11BrO. The maximum Gasteiger partial charge on any atom is 0.0899 e. The monoisotopic (exact) mass is 238 g/mol. The zero-order valence-electron chi connectivity index (χ0n) is 7.42. The molecule has 0 radical (unpaired) electrons. The molecule has 1 nitrogen and oxygen atoms in total. The smallest absolute Gasteiger partial charge is 0.0899 e. The molecule has 0 heterocycles. The largest absolute Gasteiger partial charge is 0.387 e. The quantitative estimate of drug-likeness (QED) is 0.786. The van der Waals surface area contributed by atoms with Crippen LogP contribution < -0.4 is 0 Å². The third kappa shape index (κ3) is 3.22. The minimum atomic E-state index is -0.472. The molecule has 0 aliphatic rings. The van der Waals surface area contributed by atoms with Crippen LogP contribution in [0.3, 0.4) is 0 Å². The van der Waals surface area contributed by atoms with Crippen molar-refractivity contribution in [2.75, 3.05) is 0 Å². The second kappa shape index (κ2) is 5.06. The Morgan fingerprint density at radius 2 is 2.00 bits per heavy atom. The van der Waals surface area contributed by atoms with Crippen LogP contribution in [-0.2, 0) is 0 Å². The van der Waals surface area contributed by atoms with E-state index in [-0.39, 0.29) is 0 Å². The van der Waals surface area contributed by atoms with Gasteiger partial charge in [0.25, 0.3) is 0 Å². The van der Waals surface area contributed by atoms with Crippen LogP contribution in [0.1, 0.15) is 25.0 Å². The predicted octanol–water partition coefficient (Wildman–Crippen LogP) is 2.90. The molecule has 0 saturated carbocycles. The molecule has 1 N–H and O–H groups in total. The minimum absolute atomic E-state index is 0.472. The molecule has 1 atom stereocenters. The molecule has 0 spiro atoms. The van der Waals surface area contributed by atoms with E-state index in [4.69, 9.17) is 0 Å². The molecule has 0 bridgehead atoms. The van der Waals surface area contributed by atoms with Gasteiger partial charge in [0.05, 0.1) is 6.10 Å². The maximum absolute atomic E-state index is 9.62. The topological polar surface area (TPSA) is 20.2 Å². The highest BCUT2D eigenvalue weighted by molar-refractivity contribution is 9.10. The molecule has 0 aliphatic heterocycles. The van der Waals surface area contributed by atoms with Gasteiger partial charge in [-0.2, -0.15) is 0 Å². The minimum Gasteiger partial charge on any atom is -0.387 e. The molecular weight excluding hydrogens is 228 g/mol. The molecule has 1 unspecified atom stereocenters. The summed E-state index contributed by atoms with van der Waals surface area (Å²) in [6.45, 7) is 1.77. The fourth-order valence-corrected chi connectivity index (χ4v) is 1.27. The molecule has 0 aliphatic carbocycles. The van der Waals surface area contributed by atoms with E-state index in [0.717, 1.165) is 10.0 Å². The van der Waals surface area contributed by atoms with Gasteiger partial charge >= 0.3 is 0 Å². The predicted molar refractivity (Wildman–Crippen MR) is 57.2 cm³/mol. The van der Waals surface area contributed by atoms with Crippen molar-refractivity contribution in [2.24, 2.45) is 0 Å². The number of benzene rings is 1. The second-order valence-electron chi connectivity index (χ2n) is 2.70. The molecule has 0 aromatic heterocycles. The van der Waals surface area contributed by atoms with Gasteiger partial charge in [-0.15, -0.1) is 11.8 Å². The number of halogens is 1. The Morgan fingerprint density at radius 3 is 2.54 bits per heavy atom. The molecule has 1 aromatic rings. The first-order chi connectivity index (χ1) is 6.24. The molecule has 0 fully saturated rings. The molecule has 1 rings (SSSR count). The van der Waals surface area contributed by atoms with Crippen molar-refractivity contribution in [3.63, 3.8) is 0 Å². The highest BCUT2D eigenvalue weighted by atomic mass is 79.9. The Hall–Kier alpha value is -0.780. The van der Waals surface area contributed by atoms with Crippen LogP contribution in [0.25, 0.3) is 0 Å². The Bertz CT molecular complexity index is 318. The van der Waals surface area contributed by atoms with E-state index in [0.29, 0.717) is 6.42 Å². The average molecular weight is 239 g/mol. The Balaban J connectivity index is 2.69. The summed E-state index contributed by atoms with van der Waals surface area (Å²) in [5.74, 6) is 5.61. The van der Waals surface area contributed by atoms with Gasteiger partial charge in [0.2, 0.25) is 0 Å². The zero-order chi connectivity index (χ0) is 9.68. The van der Waals surface area contributed by atoms with E-state index < -0.39 is 6.10 Å². The molecule has 0 amide bonds. The SMILES string of the molecule is CC#CCC(O)c1ccc(Br)cc1. The molecule has 1 aromatic carbocycles. The van der Waals surface area contributed by atoms with Crippen LogP contribution in [0, 0.1) is 11.8 Å². The third-order valence-electron chi connectivity index (χ3n) is 1.73. The lowest BCUT2D eigenvalue weighted by Gasteiger charge is -2.06. The fourth-order valence-electron chi connectivity index (χ4n) is 1.00. The van der Waals surface area contributed by atoms with E-state index in [2.05, 4.69) is 27.8 Å². The fraction of sp³-hybridized carbons (Fsp3) is 0.273. The van der Waals surface area contributed by atoms with Gasteiger partial charge in [-0.05, 0) is 24.6 Å². The van der Waals surface area contributed by atoms with Gasteiger partial charge < -0.3 is 5.11 Å². The third-order valence-corrected chi connectivity index (χ3v) is 2.26. The van der Waals surface area contributed by atoms with Gasteiger partial charge in [-0.3, -0.25) is 0 Å². The summed E-state index contributed by atoms with van der Waals surface area (Å²) in [4.78, 5) is 0. The van der Waals surface area contributed by atoms with Crippen LogP contribution in [0.2, 0.25) is 0 Å². The van der Waals surface area contributed by atoms with Gasteiger partial charge in [0, 0.05) is 10.9 Å². The lowest BCUT2D eigenvalue weighted by Crippen LogP contribution is -1.94. The molecule has 0 saturated heterocycles. The van der Waals surface area contributed by atoms with Crippen LogP contribution in [-0.4, -0.2) is 5.11 Å². The number of rotatable bonds is 2. The van der Waals surface area contributed by atoms with Crippen molar-refractivity contribution in [1.82, 2.24) is 0 Å². The van der Waals surface area contributed by atoms with Crippen molar-refractivity contribution in [3.8, 4) is 11.8 Å². The number of hydrogen-bond acceptors (Lipinski definition) is 1. The molecule has 13 heavy (non-hydrogen) atoms. The zero-order valence-corrected chi connectivity index (χ0v) is 9.01. The lowest BCUT2D eigenvalue weighted by molar-refractivity contribution is 0.184.